The van der Waals surface area contributed by atoms with Crippen LogP contribution in [0.3, 0.4) is 0 Å². The lowest BCUT2D eigenvalue weighted by Crippen LogP contribution is -2.26. The van der Waals surface area contributed by atoms with Crippen molar-refractivity contribution in [2.24, 2.45) is 5.92 Å². The van der Waals surface area contributed by atoms with E-state index in [0.29, 0.717) is 23.7 Å². The highest BCUT2D eigenvalue weighted by atomic mass is 79.9. The number of anilines is 1. The highest BCUT2D eigenvalue weighted by Gasteiger charge is 2.23. The number of aryl methyl sites for hydroxylation is 1. The minimum Gasteiger partial charge on any atom is -0.398 e. The van der Waals surface area contributed by atoms with Crippen LogP contribution in [0.2, 0.25) is 0 Å². The summed E-state index contributed by atoms with van der Waals surface area (Å²) in [4.78, 5) is 0.263. The van der Waals surface area contributed by atoms with Crippen LogP contribution in [0.1, 0.15) is 24.8 Å². The van der Waals surface area contributed by atoms with E-state index in [2.05, 4.69) is 20.7 Å². The molecule has 1 aliphatic carbocycles. The van der Waals surface area contributed by atoms with Crippen molar-refractivity contribution in [3.05, 3.63) is 22.2 Å². The first kappa shape index (κ1) is 13.8. The molecule has 0 bridgehead atoms. The molecule has 0 heterocycles. The van der Waals surface area contributed by atoms with Crippen molar-refractivity contribution in [3.63, 3.8) is 0 Å². The Morgan fingerprint density at radius 1 is 1.44 bits per heavy atom. The molecule has 1 aliphatic rings. The van der Waals surface area contributed by atoms with Gasteiger partial charge in [0.1, 0.15) is 0 Å². The smallest absolute Gasteiger partial charge is 0.240 e. The van der Waals surface area contributed by atoms with Crippen molar-refractivity contribution < 1.29 is 8.42 Å². The van der Waals surface area contributed by atoms with Gasteiger partial charge in [-0.25, -0.2) is 13.1 Å². The molecule has 0 aromatic heterocycles. The summed E-state index contributed by atoms with van der Waals surface area (Å²) < 4.78 is 27.6. The number of nitrogen functional groups attached to an aromatic ring is 1. The highest BCUT2D eigenvalue weighted by Crippen LogP contribution is 2.32. The van der Waals surface area contributed by atoms with E-state index in [1.807, 2.05) is 0 Å². The molecule has 1 saturated carbocycles. The lowest BCUT2D eigenvalue weighted by atomic mass is 10.2. The minimum absolute atomic E-state index is 0.263. The fraction of sp³-hybridized carbons (Fsp3) is 0.500. The molecule has 100 valence electrons. The zero-order valence-corrected chi connectivity index (χ0v) is 12.6. The van der Waals surface area contributed by atoms with Gasteiger partial charge in [0, 0.05) is 16.7 Å². The number of rotatable bonds is 5. The first-order chi connectivity index (χ1) is 8.40. The van der Waals surface area contributed by atoms with Gasteiger partial charge in [-0.15, -0.1) is 0 Å². The zero-order chi connectivity index (χ0) is 13.3. The average molecular weight is 333 g/mol. The van der Waals surface area contributed by atoms with Gasteiger partial charge in [0.25, 0.3) is 0 Å². The molecule has 2 rings (SSSR count). The minimum atomic E-state index is -3.45. The van der Waals surface area contributed by atoms with E-state index in [0.717, 1.165) is 10.9 Å². The molecule has 18 heavy (non-hydrogen) atoms. The molecular weight excluding hydrogens is 316 g/mol. The number of halogens is 1. The Bertz CT molecular complexity index is 553. The third-order valence-corrected chi connectivity index (χ3v) is 5.42. The predicted molar refractivity (Wildman–Crippen MR) is 75.8 cm³/mol. The van der Waals surface area contributed by atoms with Crippen LogP contribution < -0.4 is 10.5 Å². The van der Waals surface area contributed by atoms with Gasteiger partial charge in [0.15, 0.2) is 0 Å². The van der Waals surface area contributed by atoms with Crippen LogP contribution in [0.15, 0.2) is 21.5 Å². The standard InChI is InChI=1S/C12H17BrN2O2S/c1-8-6-10(13)11(14)7-12(8)18(16,17)15-5-4-9-2-3-9/h6-7,9,15H,2-5,14H2,1H3. The summed E-state index contributed by atoms with van der Waals surface area (Å²) in [5, 5.41) is 0. The number of hydrogen-bond donors (Lipinski definition) is 2. The summed E-state index contributed by atoms with van der Waals surface area (Å²) in [5.74, 6) is 0.712. The normalized spacial score (nSPS) is 15.9. The van der Waals surface area contributed by atoms with E-state index in [1.54, 1.807) is 13.0 Å². The highest BCUT2D eigenvalue weighted by molar-refractivity contribution is 9.10. The maximum absolute atomic E-state index is 12.1. The molecule has 0 spiro atoms. The Hall–Kier alpha value is -0.590. The van der Waals surface area contributed by atoms with E-state index in [-0.39, 0.29) is 4.90 Å². The second-order valence-corrected chi connectivity index (χ2v) is 7.36. The second kappa shape index (κ2) is 5.19. The van der Waals surface area contributed by atoms with E-state index < -0.39 is 10.0 Å². The van der Waals surface area contributed by atoms with E-state index in [9.17, 15) is 8.42 Å². The Morgan fingerprint density at radius 3 is 2.72 bits per heavy atom. The fourth-order valence-electron chi connectivity index (χ4n) is 1.84. The fourth-order valence-corrected chi connectivity index (χ4v) is 3.60. The molecule has 0 radical (unpaired) electrons. The van der Waals surface area contributed by atoms with Crippen molar-refractivity contribution >= 4 is 31.6 Å². The first-order valence-corrected chi connectivity index (χ1v) is 8.23. The maximum atomic E-state index is 12.1. The van der Waals surface area contributed by atoms with E-state index >= 15 is 0 Å². The van der Waals surface area contributed by atoms with Gasteiger partial charge in [-0.1, -0.05) is 12.8 Å². The van der Waals surface area contributed by atoms with Crippen molar-refractivity contribution in [1.29, 1.82) is 0 Å². The summed E-state index contributed by atoms with van der Waals surface area (Å²) in [6, 6.07) is 3.23. The molecule has 0 unspecified atom stereocenters. The number of benzene rings is 1. The monoisotopic (exact) mass is 332 g/mol. The summed E-state index contributed by atoms with van der Waals surface area (Å²) in [7, 11) is -3.45. The molecule has 0 aliphatic heterocycles. The van der Waals surface area contributed by atoms with Gasteiger partial charge in [-0.3, -0.25) is 0 Å². The average Bonchev–Trinajstić information content (AvgIpc) is 3.07. The van der Waals surface area contributed by atoms with Gasteiger partial charge in [-0.05, 0) is 52.9 Å². The molecule has 0 amide bonds. The first-order valence-electron chi connectivity index (χ1n) is 5.95. The van der Waals surface area contributed by atoms with Crippen LogP contribution >= 0.6 is 15.9 Å². The van der Waals surface area contributed by atoms with Crippen LogP contribution in [0.5, 0.6) is 0 Å². The summed E-state index contributed by atoms with van der Waals surface area (Å²) in [6.07, 6.45) is 3.38. The lowest BCUT2D eigenvalue weighted by molar-refractivity contribution is 0.574. The number of sulfonamides is 1. The van der Waals surface area contributed by atoms with Crippen LogP contribution in [0, 0.1) is 12.8 Å². The lowest BCUT2D eigenvalue weighted by Gasteiger charge is -2.11. The Labute approximate surface area is 116 Å². The molecule has 1 aromatic rings. The number of hydrogen-bond acceptors (Lipinski definition) is 3. The molecule has 0 saturated heterocycles. The summed E-state index contributed by atoms with van der Waals surface area (Å²) in [6.45, 7) is 2.27. The third-order valence-electron chi connectivity index (χ3n) is 3.13. The van der Waals surface area contributed by atoms with Crippen LogP contribution in [0.25, 0.3) is 0 Å². The quantitative estimate of drug-likeness (QED) is 0.813. The molecular formula is C12H17BrN2O2S. The van der Waals surface area contributed by atoms with Crippen molar-refractivity contribution in [3.8, 4) is 0 Å². The van der Waals surface area contributed by atoms with Crippen LogP contribution in [-0.2, 0) is 10.0 Å². The largest absolute Gasteiger partial charge is 0.398 e. The molecule has 3 N–H and O–H groups in total. The third kappa shape index (κ3) is 3.24. The predicted octanol–water partition coefficient (Wildman–Crippen LogP) is 2.42. The molecule has 4 nitrogen and oxygen atoms in total. The van der Waals surface area contributed by atoms with Gasteiger partial charge in [0.05, 0.1) is 4.90 Å². The topological polar surface area (TPSA) is 72.2 Å². The van der Waals surface area contributed by atoms with Crippen molar-refractivity contribution in [2.45, 2.75) is 31.1 Å². The van der Waals surface area contributed by atoms with Crippen LogP contribution in [0.4, 0.5) is 5.69 Å². The SMILES string of the molecule is Cc1cc(Br)c(N)cc1S(=O)(=O)NCCC1CC1. The second-order valence-electron chi connectivity index (χ2n) is 4.77. The van der Waals surface area contributed by atoms with Gasteiger partial charge >= 0.3 is 0 Å². The van der Waals surface area contributed by atoms with E-state index in [1.165, 1.54) is 18.9 Å². The van der Waals surface area contributed by atoms with Crippen molar-refractivity contribution in [2.75, 3.05) is 12.3 Å². The molecule has 1 fully saturated rings. The Kier molecular flexibility index (Phi) is 3.99. The number of nitrogens with two attached hydrogens (primary N) is 1. The molecule has 0 atom stereocenters. The Morgan fingerprint density at radius 2 is 2.11 bits per heavy atom. The summed E-state index contributed by atoms with van der Waals surface area (Å²) in [5.41, 5.74) is 6.86. The van der Waals surface area contributed by atoms with Gasteiger partial charge in [-0.2, -0.15) is 0 Å². The molecule has 1 aromatic carbocycles. The Balaban J connectivity index is 2.14. The summed E-state index contributed by atoms with van der Waals surface area (Å²) >= 11 is 3.29. The van der Waals surface area contributed by atoms with E-state index in [4.69, 9.17) is 5.73 Å². The van der Waals surface area contributed by atoms with Gasteiger partial charge in [0.2, 0.25) is 10.0 Å². The zero-order valence-electron chi connectivity index (χ0n) is 10.2. The molecule has 6 heteroatoms. The van der Waals surface area contributed by atoms with Gasteiger partial charge < -0.3 is 5.73 Å². The maximum Gasteiger partial charge on any atom is 0.240 e. The van der Waals surface area contributed by atoms with Crippen LogP contribution in [-0.4, -0.2) is 15.0 Å². The number of nitrogens with one attached hydrogen (secondary N) is 1. The van der Waals surface area contributed by atoms with Crippen molar-refractivity contribution in [1.82, 2.24) is 4.72 Å².